The van der Waals surface area contributed by atoms with E-state index in [0.29, 0.717) is 5.75 Å². The van der Waals surface area contributed by atoms with E-state index in [1.807, 2.05) is 6.92 Å². The molecule has 0 saturated carbocycles. The van der Waals surface area contributed by atoms with Gasteiger partial charge < -0.3 is 9.84 Å². The molecule has 1 heterocycles. The van der Waals surface area contributed by atoms with E-state index in [4.69, 9.17) is 9.84 Å². The molecular weight excluding hydrogens is 272 g/mol. The van der Waals surface area contributed by atoms with E-state index in [-0.39, 0.29) is 23.6 Å². The van der Waals surface area contributed by atoms with Gasteiger partial charge in [-0.25, -0.2) is 4.79 Å². The van der Waals surface area contributed by atoms with Crippen molar-refractivity contribution >= 4 is 23.6 Å². The summed E-state index contributed by atoms with van der Waals surface area (Å²) in [4.78, 5) is 33.9. The summed E-state index contributed by atoms with van der Waals surface area (Å²) < 4.78 is 5.35. The molecule has 5 heteroatoms. The highest BCUT2D eigenvalue weighted by Gasteiger charge is 2.29. The Balaban J connectivity index is 2.43. The molecule has 0 radical (unpaired) electrons. The van der Waals surface area contributed by atoms with Crippen LogP contribution in [0.3, 0.4) is 0 Å². The first-order chi connectivity index (χ1) is 9.79. The summed E-state index contributed by atoms with van der Waals surface area (Å²) >= 11 is 0. The Morgan fingerprint density at radius 1 is 1.24 bits per heavy atom. The average molecular weight is 288 g/mol. The summed E-state index contributed by atoms with van der Waals surface area (Å²) in [7, 11) is 0. The predicted molar refractivity (Wildman–Crippen MR) is 76.3 cm³/mol. The number of allylic oxidation sites excluding steroid dienone is 1. The number of ether oxygens (including phenoxy) is 1. The van der Waals surface area contributed by atoms with Crippen molar-refractivity contribution in [2.75, 3.05) is 0 Å². The van der Waals surface area contributed by atoms with Crippen LogP contribution in [0.15, 0.2) is 17.7 Å². The van der Waals surface area contributed by atoms with Gasteiger partial charge in [-0.3, -0.25) is 9.59 Å². The summed E-state index contributed by atoms with van der Waals surface area (Å²) in [6, 6.07) is 3.52. The molecule has 1 unspecified atom stereocenters. The normalized spacial score (nSPS) is 15.9. The van der Waals surface area contributed by atoms with Gasteiger partial charge in [-0.2, -0.15) is 0 Å². The lowest BCUT2D eigenvalue weighted by molar-refractivity contribution is -0.144. The monoisotopic (exact) mass is 288 g/mol. The third kappa shape index (κ3) is 3.02. The summed E-state index contributed by atoms with van der Waals surface area (Å²) in [6.07, 6.45) is 0.953. The Hall–Kier alpha value is -2.43. The number of rotatable bonds is 4. The fourth-order valence-electron chi connectivity index (χ4n) is 2.31. The van der Waals surface area contributed by atoms with Gasteiger partial charge in [0.2, 0.25) is 0 Å². The zero-order valence-corrected chi connectivity index (χ0v) is 12.1. The number of carbonyl (C=O) groups excluding carboxylic acids is 2. The lowest BCUT2D eigenvalue weighted by Crippen LogP contribution is -2.24. The van der Waals surface area contributed by atoms with E-state index in [0.717, 1.165) is 16.7 Å². The number of fused-ring (bicyclic) bond motifs is 1. The predicted octanol–water partition coefficient (Wildman–Crippen LogP) is 1.94. The highest BCUT2D eigenvalue weighted by Crippen LogP contribution is 2.32. The number of aryl methyl sites for hydroxylation is 1. The van der Waals surface area contributed by atoms with Crippen LogP contribution in [0.25, 0.3) is 6.08 Å². The minimum absolute atomic E-state index is 0.131. The third-order valence-electron chi connectivity index (χ3n) is 3.46. The van der Waals surface area contributed by atoms with E-state index in [1.165, 1.54) is 13.8 Å². The second-order valence-corrected chi connectivity index (χ2v) is 5.14. The van der Waals surface area contributed by atoms with Crippen molar-refractivity contribution in [3.05, 3.63) is 34.4 Å². The smallest absolute Gasteiger partial charge is 0.345 e. The second kappa shape index (κ2) is 5.52. The van der Waals surface area contributed by atoms with Gasteiger partial charge in [0.05, 0.1) is 5.57 Å². The van der Waals surface area contributed by atoms with Crippen molar-refractivity contribution in [3.8, 4) is 5.75 Å². The molecule has 0 saturated heterocycles. The summed E-state index contributed by atoms with van der Waals surface area (Å²) in [5, 5.41) is 8.99. The van der Waals surface area contributed by atoms with Gasteiger partial charge in [-0.1, -0.05) is 0 Å². The number of benzene rings is 1. The number of ketones is 2. The molecule has 1 N–H and O–H groups in total. The largest absolute Gasteiger partial charge is 0.478 e. The molecule has 1 aromatic carbocycles. The number of carbonyl (C=O) groups is 3. The van der Waals surface area contributed by atoms with E-state index >= 15 is 0 Å². The van der Waals surface area contributed by atoms with E-state index in [2.05, 4.69) is 0 Å². The van der Waals surface area contributed by atoms with E-state index in [9.17, 15) is 14.4 Å². The number of carboxylic acids is 1. The van der Waals surface area contributed by atoms with E-state index in [1.54, 1.807) is 18.2 Å². The van der Waals surface area contributed by atoms with Gasteiger partial charge in [-0.05, 0) is 55.7 Å². The van der Waals surface area contributed by atoms with Crippen LogP contribution in [0, 0.1) is 6.92 Å². The van der Waals surface area contributed by atoms with Crippen LogP contribution in [0.2, 0.25) is 0 Å². The summed E-state index contributed by atoms with van der Waals surface area (Å²) in [5.41, 5.74) is 2.45. The van der Waals surface area contributed by atoms with Crippen LogP contribution in [0.1, 0.15) is 30.5 Å². The van der Waals surface area contributed by atoms with Crippen LogP contribution >= 0.6 is 0 Å². The Morgan fingerprint density at radius 3 is 2.38 bits per heavy atom. The van der Waals surface area contributed by atoms with Crippen molar-refractivity contribution in [1.29, 1.82) is 0 Å². The number of carboxylic acid groups (broad SMARTS) is 1. The maximum absolute atomic E-state index is 11.5. The maximum atomic E-state index is 11.5. The first kappa shape index (κ1) is 15.0. The van der Waals surface area contributed by atoms with Gasteiger partial charge >= 0.3 is 5.97 Å². The third-order valence-corrected chi connectivity index (χ3v) is 3.46. The Bertz CT molecular complexity index is 653. The zero-order valence-electron chi connectivity index (χ0n) is 12.1. The molecule has 0 fully saturated rings. The molecule has 0 bridgehead atoms. The van der Waals surface area contributed by atoms with E-state index < -0.39 is 12.1 Å². The minimum atomic E-state index is -1.01. The number of aliphatic carboxylic acids is 1. The molecule has 21 heavy (non-hydrogen) atoms. The molecule has 110 valence electrons. The summed E-state index contributed by atoms with van der Waals surface area (Å²) in [5.74, 6) is -1.04. The zero-order chi connectivity index (χ0) is 15.7. The molecule has 5 nitrogen and oxygen atoms in total. The van der Waals surface area contributed by atoms with Gasteiger partial charge in [0, 0.05) is 6.42 Å². The van der Waals surface area contributed by atoms with Gasteiger partial charge in [0.15, 0.2) is 17.7 Å². The summed E-state index contributed by atoms with van der Waals surface area (Å²) in [6.45, 7) is 4.51. The van der Waals surface area contributed by atoms with Gasteiger partial charge in [0.1, 0.15) is 5.75 Å². The highest BCUT2D eigenvalue weighted by atomic mass is 16.5. The molecule has 0 spiro atoms. The van der Waals surface area contributed by atoms with Crippen LogP contribution in [0.4, 0.5) is 0 Å². The van der Waals surface area contributed by atoms with Crippen LogP contribution in [-0.4, -0.2) is 28.7 Å². The molecular formula is C16H16O5. The Morgan fingerprint density at radius 2 is 1.86 bits per heavy atom. The molecule has 1 aliphatic rings. The standard InChI is InChI=1S/C16H16O5/c1-8-4-14-12(7-15(21-14)16(19)20)5-11(8)6-13(9(2)17)10(3)18/h4-6,15H,7H2,1-3H3,(H,19,20). The highest BCUT2D eigenvalue weighted by molar-refractivity contribution is 6.21. The quantitative estimate of drug-likeness (QED) is 0.520. The van der Waals surface area contributed by atoms with Crippen molar-refractivity contribution in [2.24, 2.45) is 0 Å². The Labute approximate surface area is 122 Å². The SMILES string of the molecule is CC(=O)C(=Cc1cc2c(cc1C)OC(C(=O)O)C2)C(C)=O. The lowest BCUT2D eigenvalue weighted by atomic mass is 9.98. The molecule has 1 atom stereocenters. The molecule has 1 aromatic rings. The first-order valence-corrected chi connectivity index (χ1v) is 6.56. The van der Waals surface area contributed by atoms with Crippen molar-refractivity contribution in [1.82, 2.24) is 0 Å². The fraction of sp³-hybridized carbons (Fsp3) is 0.312. The van der Waals surface area contributed by atoms with Crippen LogP contribution in [0.5, 0.6) is 5.75 Å². The number of hydrogen-bond donors (Lipinski definition) is 1. The molecule has 0 aliphatic carbocycles. The lowest BCUT2D eigenvalue weighted by Gasteiger charge is -2.07. The molecule has 0 aromatic heterocycles. The fourth-order valence-corrected chi connectivity index (χ4v) is 2.31. The molecule has 2 rings (SSSR count). The van der Waals surface area contributed by atoms with Gasteiger partial charge in [0.25, 0.3) is 0 Å². The van der Waals surface area contributed by atoms with Crippen molar-refractivity contribution < 1.29 is 24.2 Å². The molecule has 0 amide bonds. The van der Waals surface area contributed by atoms with Crippen molar-refractivity contribution in [3.63, 3.8) is 0 Å². The van der Waals surface area contributed by atoms with Gasteiger partial charge in [-0.15, -0.1) is 0 Å². The second-order valence-electron chi connectivity index (χ2n) is 5.14. The van der Waals surface area contributed by atoms with Crippen LogP contribution in [-0.2, 0) is 20.8 Å². The maximum Gasteiger partial charge on any atom is 0.345 e. The van der Waals surface area contributed by atoms with Crippen molar-refractivity contribution in [2.45, 2.75) is 33.3 Å². The average Bonchev–Trinajstić information content (AvgIpc) is 2.77. The number of Topliss-reactive ketones (excluding diaryl/α,β-unsaturated/α-hetero) is 2. The number of hydrogen-bond acceptors (Lipinski definition) is 4. The Kier molecular flexibility index (Phi) is 3.93. The first-order valence-electron chi connectivity index (χ1n) is 6.56. The van der Waals surface area contributed by atoms with Crippen LogP contribution < -0.4 is 4.74 Å². The minimum Gasteiger partial charge on any atom is -0.478 e. The topological polar surface area (TPSA) is 80.7 Å². The molecule has 1 aliphatic heterocycles.